The average Bonchev–Trinajstić information content (AvgIpc) is 0.773. The van der Waals surface area contributed by atoms with Crippen molar-refractivity contribution in [3.63, 3.8) is 0 Å². The van der Waals surface area contributed by atoms with Crippen LogP contribution >= 0.6 is 0 Å². The minimum atomic E-state index is -3.24. The van der Waals surface area contributed by atoms with Crippen LogP contribution in [0.2, 0.25) is 0 Å². The molecular weight excluding hydrogens is 1250 g/mol. The highest BCUT2D eigenvalue weighted by Crippen LogP contribution is 2.41. The van der Waals surface area contributed by atoms with Crippen LogP contribution in [0.25, 0.3) is 0 Å². The molecular formula is C50H82N4O37. The van der Waals surface area contributed by atoms with E-state index in [9.17, 15) is 131 Å². The van der Waals surface area contributed by atoms with E-state index in [1.807, 2.05) is 0 Å². The molecule has 6 aliphatic heterocycles. The van der Waals surface area contributed by atoms with Crippen LogP contribution in [0.5, 0.6) is 0 Å². The smallest absolute Gasteiger partial charge is 0.364 e. The maximum atomic E-state index is 13.1. The second-order valence-electron chi connectivity index (χ2n) is 22.6. The maximum absolute atomic E-state index is 13.1. The lowest BCUT2D eigenvalue weighted by Gasteiger charge is -2.51. The molecule has 4 amide bonds. The lowest BCUT2D eigenvalue weighted by atomic mass is 9.88. The van der Waals surface area contributed by atoms with Crippen LogP contribution in [0.15, 0.2) is 0 Å². The topological polar surface area (TPSA) is 657 Å². The molecule has 6 aliphatic rings. The van der Waals surface area contributed by atoms with Crippen LogP contribution in [-0.4, -0.2) is 373 Å². The fraction of sp³-hybridized carbons (Fsp3) is 0.880. The van der Waals surface area contributed by atoms with E-state index >= 15 is 0 Å². The summed E-state index contributed by atoms with van der Waals surface area (Å²) in [6.07, 6.45) is -58.0. The first-order valence-electron chi connectivity index (χ1n) is 28.3. The lowest BCUT2D eigenvalue weighted by molar-refractivity contribution is -0.385. The molecule has 0 spiro atoms. The van der Waals surface area contributed by atoms with E-state index in [0.29, 0.717) is 0 Å². The van der Waals surface area contributed by atoms with Crippen LogP contribution in [0, 0.1) is 0 Å². The third-order valence-electron chi connectivity index (χ3n) is 16.0. The summed E-state index contributed by atoms with van der Waals surface area (Å²) in [5.74, 6) is -14.2. The number of nitrogens with one attached hydrogen (secondary N) is 4. The van der Waals surface area contributed by atoms with E-state index in [4.69, 9.17) is 52.1 Å². The Morgan fingerprint density at radius 3 is 1.19 bits per heavy atom. The fourth-order valence-corrected chi connectivity index (χ4v) is 11.4. The van der Waals surface area contributed by atoms with E-state index in [1.165, 1.54) is 0 Å². The van der Waals surface area contributed by atoms with E-state index in [-0.39, 0.29) is 0 Å². The maximum Gasteiger partial charge on any atom is 0.364 e. The predicted molar refractivity (Wildman–Crippen MR) is 280 cm³/mol. The van der Waals surface area contributed by atoms with Gasteiger partial charge in [0.15, 0.2) is 25.2 Å². The molecule has 6 fully saturated rings. The molecule has 41 heteroatoms. The van der Waals surface area contributed by atoms with Crippen molar-refractivity contribution in [2.24, 2.45) is 0 Å². The Balaban J connectivity index is 1.23. The number of carboxylic acid groups (broad SMARTS) is 2. The fourth-order valence-electron chi connectivity index (χ4n) is 11.4. The Morgan fingerprint density at radius 2 is 0.813 bits per heavy atom. The molecule has 6 saturated heterocycles. The van der Waals surface area contributed by atoms with Gasteiger partial charge in [-0.15, -0.1) is 0 Å². The Kier molecular flexibility index (Phi) is 26.6. The molecule has 91 heavy (non-hydrogen) atoms. The molecule has 6 heterocycles. The van der Waals surface area contributed by atoms with Crippen molar-refractivity contribution in [2.75, 3.05) is 39.6 Å². The van der Waals surface area contributed by atoms with Gasteiger partial charge in [0.1, 0.15) is 134 Å². The van der Waals surface area contributed by atoms with E-state index < -0.39 is 283 Å². The number of aliphatic hydroxyl groups is 18. The average molecular weight is 1330 g/mol. The van der Waals surface area contributed by atoms with Gasteiger partial charge < -0.3 is 176 Å². The SMILES string of the molecule is CC(=O)N[C@H]1[C@H]([C@H](O)[C@H](O)CO)O[C@@](O[C@H]2[C@@H](O)[C@@H](CO)OC(O[C@H]3[C@H](O)[C@@H](NC(C)=O)C(OC[C@H]4OC(O)[C@H](NC(C)=O)[C@@H](OC5O[C@H](CO)[C@H](O)[C@H](O[C@]6(C(=O)O)C[C@H](O)[C@@H](NC(C)=O)[C@H]([C@H](O)[C@H](O)CO)O6)[C@H]5O)[C@H]4O)O[C@@H]3CO)[C@@H]2O)(C(=O)O)C[C@@H]1O. The highest BCUT2D eigenvalue weighted by molar-refractivity contribution is 5.78. The predicted octanol–water partition coefficient (Wildman–Crippen LogP) is -15.1. The molecule has 4 unspecified atom stereocenters. The van der Waals surface area contributed by atoms with Gasteiger partial charge in [0, 0.05) is 40.5 Å². The number of rotatable bonds is 26. The minimum Gasteiger partial charge on any atom is -0.477 e. The number of carbonyl (C=O) groups excluding carboxylic acids is 4. The van der Waals surface area contributed by atoms with Crippen molar-refractivity contribution in [2.45, 2.75) is 236 Å². The second kappa shape index (κ2) is 31.9. The quantitative estimate of drug-likeness (QED) is 0.0382. The van der Waals surface area contributed by atoms with Gasteiger partial charge in [-0.1, -0.05) is 0 Å². The van der Waals surface area contributed by atoms with E-state index in [2.05, 4.69) is 21.3 Å². The van der Waals surface area contributed by atoms with Crippen molar-refractivity contribution >= 4 is 35.6 Å². The normalized spacial score (nSPS) is 43.5. The largest absolute Gasteiger partial charge is 0.477 e. The zero-order chi connectivity index (χ0) is 68.0. The van der Waals surface area contributed by atoms with Gasteiger partial charge in [-0.2, -0.15) is 0 Å². The Morgan fingerprint density at radius 1 is 0.451 bits per heavy atom. The number of aliphatic hydroxyl groups excluding tert-OH is 18. The number of carboxylic acids is 2. The third kappa shape index (κ3) is 16.8. The number of ether oxygens (including phenoxy) is 11. The summed E-state index contributed by atoms with van der Waals surface area (Å²) < 4.78 is 63.0. The molecule has 0 aliphatic carbocycles. The first-order valence-corrected chi connectivity index (χ1v) is 28.3. The zero-order valence-electron chi connectivity index (χ0n) is 48.9. The second-order valence-corrected chi connectivity index (χ2v) is 22.6. The molecule has 0 saturated carbocycles. The molecule has 0 radical (unpaired) electrons. The van der Waals surface area contributed by atoms with Crippen molar-refractivity contribution in [3.8, 4) is 0 Å². The molecule has 24 N–H and O–H groups in total. The number of hydrogen-bond donors (Lipinski definition) is 24. The van der Waals surface area contributed by atoms with Crippen molar-refractivity contribution in [1.82, 2.24) is 21.3 Å². The van der Waals surface area contributed by atoms with Gasteiger partial charge in [-0.25, -0.2) is 9.59 Å². The first-order chi connectivity index (χ1) is 42.6. The van der Waals surface area contributed by atoms with E-state index in [1.54, 1.807) is 0 Å². The highest BCUT2D eigenvalue weighted by atomic mass is 16.8. The summed E-state index contributed by atoms with van der Waals surface area (Å²) in [7, 11) is 0. The first kappa shape index (κ1) is 75.7. The van der Waals surface area contributed by atoms with Crippen LogP contribution in [0.3, 0.4) is 0 Å². The third-order valence-corrected chi connectivity index (χ3v) is 16.0. The summed E-state index contributed by atoms with van der Waals surface area (Å²) >= 11 is 0. The van der Waals surface area contributed by atoms with Crippen LogP contribution in [0.4, 0.5) is 0 Å². The van der Waals surface area contributed by atoms with Gasteiger partial charge in [-0.05, 0) is 0 Å². The van der Waals surface area contributed by atoms with E-state index in [0.717, 1.165) is 27.7 Å². The van der Waals surface area contributed by atoms with Gasteiger partial charge in [0.25, 0.3) is 11.6 Å². The lowest BCUT2D eigenvalue weighted by Crippen LogP contribution is -2.71. The molecule has 524 valence electrons. The minimum absolute atomic E-state index is 0.840. The van der Waals surface area contributed by atoms with Gasteiger partial charge >= 0.3 is 11.9 Å². The van der Waals surface area contributed by atoms with Gasteiger partial charge in [0.2, 0.25) is 23.6 Å². The number of carbonyl (C=O) groups is 6. The van der Waals surface area contributed by atoms with Crippen molar-refractivity contribution in [3.05, 3.63) is 0 Å². The number of amides is 4. The molecule has 41 nitrogen and oxygen atoms in total. The number of aliphatic carboxylic acids is 2. The van der Waals surface area contributed by atoms with Gasteiger partial charge in [-0.3, -0.25) is 19.2 Å². The van der Waals surface area contributed by atoms with Crippen molar-refractivity contribution < 1.29 is 183 Å². The summed E-state index contributed by atoms with van der Waals surface area (Å²) in [6, 6.07) is -7.07. The molecule has 0 bridgehead atoms. The molecule has 32 atom stereocenters. The molecule has 0 aromatic rings. The summed E-state index contributed by atoms with van der Waals surface area (Å²) in [4.78, 5) is 75.5. The number of hydrogen-bond acceptors (Lipinski definition) is 35. The molecule has 0 aromatic heterocycles. The monoisotopic (exact) mass is 1330 g/mol. The molecule has 0 aromatic carbocycles. The highest BCUT2D eigenvalue weighted by Gasteiger charge is 2.63. The molecule has 6 rings (SSSR count). The van der Waals surface area contributed by atoms with Gasteiger partial charge in [0.05, 0.1) is 63.9 Å². The summed E-state index contributed by atoms with van der Waals surface area (Å²) in [6.45, 7) is -2.91. The van der Waals surface area contributed by atoms with Crippen molar-refractivity contribution in [1.29, 1.82) is 0 Å². The van der Waals surface area contributed by atoms with Crippen LogP contribution in [0.1, 0.15) is 40.5 Å². The summed E-state index contributed by atoms with van der Waals surface area (Å²) in [5, 5.41) is 227. The Hall–Kier alpha value is -4.34. The van der Waals surface area contributed by atoms with Crippen LogP contribution in [-0.2, 0) is 80.9 Å². The Labute approximate surface area is 514 Å². The summed E-state index contributed by atoms with van der Waals surface area (Å²) in [5.41, 5.74) is 0. The van der Waals surface area contributed by atoms with Crippen LogP contribution < -0.4 is 21.3 Å². The zero-order valence-corrected chi connectivity index (χ0v) is 48.9. The standard InChI is InChI=1S/C50H82N4O37/c1-13(60)51-25-17(64)5-49(47(77)78,88-39(25)29(68)19(66)7-55)90-41-31(70)21(9-57)83-45(35(41)74)86-37-23(11-59)85-44(27(34(37)73)53-15(3)62)81-12-24-33(72)38(28(43(76)82-24)54-16(4)63)87-46-36(75)42(32(71)22(10-58)84-46)91-50(48(79)80)6-18(65)26(52-14(2)61)40(89-50)30(69)20(67)8-56/h17-46,55-59,64-76H,5-12H2,1-4H3,(H,51,60)(H,52,61)(H,53,62)(H,54,63)(H,77,78)(H,79,80)/t17-,18-,19+,20+,21+,22+,23+,24+,25+,26+,27+,28+,29+,30+,31-,32-,33-,34+,35+,36+,37+,38+,39+,40+,41-,42-,43?,44?,45?,46?,49-,50-/m0/s1. The Bertz CT molecular complexity index is 2450.